The molecule has 3 rings (SSSR count). The first-order valence-corrected chi connectivity index (χ1v) is 8.75. The molecule has 2 aromatic rings. The highest BCUT2D eigenvalue weighted by Gasteiger charge is 2.34. The Bertz CT molecular complexity index is 725. The molecule has 24 heavy (non-hydrogen) atoms. The van der Waals surface area contributed by atoms with E-state index in [1.54, 1.807) is 11.1 Å². The molecule has 6 nitrogen and oxygen atoms in total. The molecule has 1 aliphatic rings. The number of hydrogen-bond acceptors (Lipinski definition) is 4. The van der Waals surface area contributed by atoms with Gasteiger partial charge in [0.2, 0.25) is 0 Å². The fourth-order valence-electron chi connectivity index (χ4n) is 2.99. The van der Waals surface area contributed by atoms with Crippen LogP contribution in [0.2, 0.25) is 0 Å². The van der Waals surface area contributed by atoms with Gasteiger partial charge in [0.05, 0.1) is 18.8 Å². The second-order valence-electron chi connectivity index (χ2n) is 6.97. The van der Waals surface area contributed by atoms with Gasteiger partial charge in [-0.3, -0.25) is 4.90 Å². The highest BCUT2D eigenvalue weighted by Crippen LogP contribution is 2.38. The summed E-state index contributed by atoms with van der Waals surface area (Å²) >= 11 is 3.51. The van der Waals surface area contributed by atoms with Gasteiger partial charge in [-0.1, -0.05) is 22.0 Å². The van der Waals surface area contributed by atoms with E-state index in [0.717, 1.165) is 17.3 Å². The summed E-state index contributed by atoms with van der Waals surface area (Å²) in [5.74, 6) is 0. The summed E-state index contributed by atoms with van der Waals surface area (Å²) in [4.78, 5) is 14.5. The highest BCUT2D eigenvalue weighted by molar-refractivity contribution is 9.10. The van der Waals surface area contributed by atoms with Gasteiger partial charge in [0, 0.05) is 4.47 Å². The quantitative estimate of drug-likeness (QED) is 0.856. The number of hydrogen-bond donors (Lipinski definition) is 1. The maximum Gasteiger partial charge on any atom is 0.411 e. The van der Waals surface area contributed by atoms with Crippen molar-refractivity contribution in [2.24, 2.45) is 0 Å². The lowest BCUT2D eigenvalue weighted by molar-refractivity contribution is 0.0134. The molecule has 0 spiro atoms. The number of aromatic amines is 1. The molecule has 1 aromatic carbocycles. The molecule has 128 valence electrons. The van der Waals surface area contributed by atoms with Crippen LogP contribution in [-0.2, 0) is 17.7 Å². The second kappa shape index (κ2) is 6.55. The molecule has 1 aliphatic carbocycles. The normalized spacial score (nSPS) is 16.8. The Morgan fingerprint density at radius 3 is 2.92 bits per heavy atom. The zero-order valence-corrected chi connectivity index (χ0v) is 15.6. The molecule has 0 fully saturated rings. The van der Waals surface area contributed by atoms with Crippen LogP contribution in [0, 0.1) is 0 Å². The minimum absolute atomic E-state index is 0.0142. The average Bonchev–Trinajstić information content (AvgIpc) is 3.11. The summed E-state index contributed by atoms with van der Waals surface area (Å²) < 4.78 is 6.68. The maximum atomic E-state index is 12.8. The van der Waals surface area contributed by atoms with Gasteiger partial charge in [-0.2, -0.15) is 15.4 Å². The van der Waals surface area contributed by atoms with E-state index in [9.17, 15) is 4.79 Å². The highest BCUT2D eigenvalue weighted by atomic mass is 79.9. The van der Waals surface area contributed by atoms with Crippen LogP contribution < -0.4 is 0 Å². The Morgan fingerprint density at radius 1 is 1.46 bits per heavy atom. The monoisotopic (exact) mass is 392 g/mol. The van der Waals surface area contributed by atoms with Crippen molar-refractivity contribution in [1.29, 1.82) is 0 Å². The third kappa shape index (κ3) is 3.77. The standard InChI is InChI=1S/C17H21BrN4O2/c1-17(2,3)24-16(23)22(10-13-9-19-21-20-13)15-7-4-11-8-12(18)5-6-14(11)15/h5-6,8-9,15H,4,7,10H2,1-3H3,(H,19,20,21). The first kappa shape index (κ1) is 17.0. The minimum atomic E-state index is -0.541. The molecule has 0 bridgehead atoms. The smallest absolute Gasteiger partial charge is 0.411 e. The summed E-state index contributed by atoms with van der Waals surface area (Å²) in [6.07, 6.45) is 3.13. The zero-order valence-electron chi connectivity index (χ0n) is 14.0. The molecule has 0 saturated carbocycles. The molecule has 1 amide bonds. The lowest BCUT2D eigenvalue weighted by Crippen LogP contribution is -2.38. The van der Waals surface area contributed by atoms with E-state index < -0.39 is 5.60 Å². The van der Waals surface area contributed by atoms with E-state index in [4.69, 9.17) is 4.74 Å². The van der Waals surface area contributed by atoms with Gasteiger partial charge in [0.15, 0.2) is 0 Å². The third-order valence-electron chi connectivity index (χ3n) is 3.95. The second-order valence-corrected chi connectivity index (χ2v) is 7.88. The number of nitrogens with one attached hydrogen (secondary N) is 1. The third-order valence-corrected chi connectivity index (χ3v) is 4.45. The van der Waals surface area contributed by atoms with Gasteiger partial charge in [-0.05, 0) is 56.9 Å². The first-order valence-electron chi connectivity index (χ1n) is 7.96. The number of carbonyl (C=O) groups excluding carboxylic acids is 1. The lowest BCUT2D eigenvalue weighted by Gasteiger charge is -2.31. The van der Waals surface area contributed by atoms with Crippen molar-refractivity contribution < 1.29 is 9.53 Å². The number of halogens is 1. The zero-order chi connectivity index (χ0) is 17.3. The van der Waals surface area contributed by atoms with Crippen LogP contribution in [0.4, 0.5) is 4.79 Å². The van der Waals surface area contributed by atoms with Gasteiger partial charge in [-0.15, -0.1) is 0 Å². The molecule has 1 unspecified atom stereocenters. The number of aryl methyl sites for hydroxylation is 1. The molecule has 1 aromatic heterocycles. The molecule has 7 heteroatoms. The molecular formula is C17H21BrN4O2. The van der Waals surface area contributed by atoms with Crippen LogP contribution in [0.5, 0.6) is 0 Å². The van der Waals surface area contributed by atoms with Gasteiger partial charge < -0.3 is 4.74 Å². The number of ether oxygens (including phenoxy) is 1. The number of amides is 1. The summed E-state index contributed by atoms with van der Waals surface area (Å²) in [7, 11) is 0. The topological polar surface area (TPSA) is 71.1 Å². The van der Waals surface area contributed by atoms with E-state index in [1.807, 2.05) is 26.8 Å². The molecule has 1 heterocycles. The van der Waals surface area contributed by atoms with Gasteiger partial charge >= 0.3 is 6.09 Å². The molecule has 1 atom stereocenters. The lowest BCUT2D eigenvalue weighted by atomic mass is 10.1. The van der Waals surface area contributed by atoms with E-state index >= 15 is 0 Å². The van der Waals surface area contributed by atoms with Crippen molar-refractivity contribution in [3.63, 3.8) is 0 Å². The largest absolute Gasteiger partial charge is 0.444 e. The first-order chi connectivity index (χ1) is 11.3. The van der Waals surface area contributed by atoms with Crippen molar-refractivity contribution in [2.75, 3.05) is 0 Å². The average molecular weight is 393 g/mol. The van der Waals surface area contributed by atoms with Crippen molar-refractivity contribution in [3.05, 3.63) is 45.7 Å². The van der Waals surface area contributed by atoms with Gasteiger partial charge in [0.25, 0.3) is 0 Å². The Hall–Kier alpha value is -1.89. The van der Waals surface area contributed by atoms with Crippen LogP contribution in [0.3, 0.4) is 0 Å². The molecule has 1 N–H and O–H groups in total. The molecule has 0 saturated heterocycles. The van der Waals surface area contributed by atoms with Gasteiger partial charge in [-0.25, -0.2) is 4.79 Å². The fourth-order valence-corrected chi connectivity index (χ4v) is 3.39. The molecular weight excluding hydrogens is 372 g/mol. The Morgan fingerprint density at radius 2 is 2.25 bits per heavy atom. The Labute approximate surface area is 149 Å². The van der Waals surface area contributed by atoms with Crippen LogP contribution in [-0.4, -0.2) is 32.0 Å². The predicted octanol–water partition coefficient (Wildman–Crippen LogP) is 3.99. The number of fused-ring (bicyclic) bond motifs is 1. The number of carbonyl (C=O) groups is 1. The number of aromatic nitrogens is 3. The number of nitrogens with zero attached hydrogens (tertiary/aromatic N) is 3. The maximum absolute atomic E-state index is 12.8. The summed E-state index contributed by atoms with van der Waals surface area (Å²) in [6.45, 7) is 5.99. The van der Waals surface area contributed by atoms with Gasteiger partial charge in [0.1, 0.15) is 11.3 Å². The van der Waals surface area contributed by atoms with Crippen molar-refractivity contribution in [3.8, 4) is 0 Å². The van der Waals surface area contributed by atoms with E-state index in [1.165, 1.54) is 11.1 Å². The minimum Gasteiger partial charge on any atom is -0.444 e. The van der Waals surface area contributed by atoms with E-state index in [2.05, 4.69) is 43.5 Å². The van der Waals surface area contributed by atoms with Crippen LogP contribution in [0.25, 0.3) is 0 Å². The number of H-pyrrole nitrogens is 1. The molecule has 0 radical (unpaired) electrons. The van der Waals surface area contributed by atoms with E-state index in [-0.39, 0.29) is 12.1 Å². The van der Waals surface area contributed by atoms with Crippen LogP contribution in [0.1, 0.15) is 50.1 Å². The van der Waals surface area contributed by atoms with E-state index in [0.29, 0.717) is 12.2 Å². The SMILES string of the molecule is CC(C)(C)OC(=O)N(Cc1cn[nH]n1)C1CCc2cc(Br)ccc21. The summed E-state index contributed by atoms with van der Waals surface area (Å²) in [6, 6.07) is 6.20. The van der Waals surface area contributed by atoms with Crippen LogP contribution >= 0.6 is 15.9 Å². The van der Waals surface area contributed by atoms with Crippen molar-refractivity contribution in [2.45, 2.75) is 51.8 Å². The summed E-state index contributed by atoms with van der Waals surface area (Å²) in [5.41, 5.74) is 2.61. The summed E-state index contributed by atoms with van der Waals surface area (Å²) in [5, 5.41) is 10.5. The number of rotatable bonds is 3. The Balaban J connectivity index is 1.89. The Kier molecular flexibility index (Phi) is 4.62. The van der Waals surface area contributed by atoms with Crippen molar-refractivity contribution in [1.82, 2.24) is 20.3 Å². The van der Waals surface area contributed by atoms with Crippen molar-refractivity contribution >= 4 is 22.0 Å². The molecule has 0 aliphatic heterocycles. The van der Waals surface area contributed by atoms with Crippen LogP contribution in [0.15, 0.2) is 28.9 Å². The predicted molar refractivity (Wildman–Crippen MR) is 93.4 cm³/mol. The number of benzene rings is 1. The fraction of sp³-hybridized carbons (Fsp3) is 0.471.